The molecule has 0 aromatic carbocycles. The lowest BCUT2D eigenvalue weighted by Crippen LogP contribution is -2.49. The molecule has 176 valence electrons. The molecule has 5 rings (SSSR count). The molecule has 3 amide bonds. The Morgan fingerprint density at radius 2 is 1.85 bits per heavy atom. The van der Waals surface area contributed by atoms with Gasteiger partial charge in [0.25, 0.3) is 11.8 Å². The number of rotatable bonds is 3. The molecular formula is C21H20ClF3N4O4. The average Bonchev–Trinajstić information content (AvgIpc) is 3.51. The number of hydrogen-bond acceptors (Lipinski definition) is 5. The first-order valence-electron chi connectivity index (χ1n) is 10.7. The van der Waals surface area contributed by atoms with Crippen LogP contribution in [0.5, 0.6) is 0 Å². The number of cyclic esters (lactones) is 1. The topological polar surface area (TPSA) is 84.2 Å². The Morgan fingerprint density at radius 1 is 1.18 bits per heavy atom. The normalized spacial score (nSPS) is 22.4. The third-order valence-electron chi connectivity index (χ3n) is 6.42. The van der Waals surface area contributed by atoms with Gasteiger partial charge in [-0.1, -0.05) is 11.6 Å². The second kappa shape index (κ2) is 7.61. The highest BCUT2D eigenvalue weighted by molar-refractivity contribution is 6.33. The van der Waals surface area contributed by atoms with Crippen molar-refractivity contribution in [3.63, 3.8) is 0 Å². The highest BCUT2D eigenvalue weighted by Crippen LogP contribution is 2.43. The first-order chi connectivity index (χ1) is 15.6. The predicted molar refractivity (Wildman–Crippen MR) is 109 cm³/mol. The molecule has 2 aliphatic heterocycles. The highest BCUT2D eigenvalue weighted by Gasteiger charge is 2.44. The minimum atomic E-state index is -4.65. The van der Waals surface area contributed by atoms with Crippen LogP contribution in [-0.4, -0.2) is 62.3 Å². The molecule has 1 saturated carbocycles. The minimum absolute atomic E-state index is 0.0508. The number of pyridine rings is 1. The third-order valence-corrected chi connectivity index (χ3v) is 6.78. The summed E-state index contributed by atoms with van der Waals surface area (Å²) in [7, 11) is 0. The zero-order valence-electron chi connectivity index (χ0n) is 17.6. The van der Waals surface area contributed by atoms with Crippen LogP contribution in [0, 0.1) is 0 Å². The number of ether oxygens (including phenoxy) is 1. The predicted octanol–water partition coefficient (Wildman–Crippen LogP) is 3.86. The Hall–Kier alpha value is -2.82. The number of nitrogens with zero attached hydrogens (tertiary/aromatic N) is 4. The lowest BCUT2D eigenvalue weighted by Gasteiger charge is -2.34. The van der Waals surface area contributed by atoms with Gasteiger partial charge >= 0.3 is 12.3 Å². The Labute approximate surface area is 191 Å². The van der Waals surface area contributed by atoms with Crippen LogP contribution in [0.1, 0.15) is 60.1 Å². The van der Waals surface area contributed by atoms with Crippen molar-refractivity contribution < 1.29 is 32.3 Å². The SMILES string of the molecule is C[C@H]1OC(=O)N(C2CCN(C(=O)c3nc4c(C(F)(F)F)cc(C5CC5)cn4c3Cl)CC2)C1=O. The molecule has 0 N–H and O–H groups in total. The second-order valence-electron chi connectivity index (χ2n) is 8.66. The van der Waals surface area contributed by atoms with Crippen LogP contribution in [0.2, 0.25) is 5.15 Å². The standard InChI is InChI=1S/C21H20ClF3N4O4/c1-10-18(30)29(20(32)33-10)13-4-6-27(7-5-13)19(31)15-16(22)28-9-12(11-2-3-11)8-14(17(28)26-15)21(23,24)25/h8-11,13H,2-7H2,1H3/t10-/m1/s1. The van der Waals surface area contributed by atoms with Crippen LogP contribution in [0.4, 0.5) is 18.0 Å². The van der Waals surface area contributed by atoms with Crippen molar-refractivity contribution >= 4 is 35.2 Å². The molecule has 2 aromatic heterocycles. The number of amides is 3. The monoisotopic (exact) mass is 484 g/mol. The van der Waals surface area contributed by atoms with Crippen LogP contribution >= 0.6 is 11.6 Å². The number of imide groups is 1. The Bertz CT molecular complexity index is 1170. The van der Waals surface area contributed by atoms with Crippen molar-refractivity contribution in [1.82, 2.24) is 19.2 Å². The smallest absolute Gasteiger partial charge is 0.419 e. The molecule has 0 radical (unpaired) electrons. The van der Waals surface area contributed by atoms with Gasteiger partial charge in [-0.3, -0.25) is 14.0 Å². The van der Waals surface area contributed by atoms with Crippen LogP contribution < -0.4 is 0 Å². The van der Waals surface area contributed by atoms with Crippen LogP contribution in [0.15, 0.2) is 12.3 Å². The maximum atomic E-state index is 13.7. The molecule has 4 heterocycles. The molecule has 2 aromatic rings. The first-order valence-corrected chi connectivity index (χ1v) is 11.1. The second-order valence-corrected chi connectivity index (χ2v) is 9.02. The zero-order valence-corrected chi connectivity index (χ0v) is 18.3. The molecule has 0 spiro atoms. The summed E-state index contributed by atoms with van der Waals surface area (Å²) < 4.78 is 47.2. The van der Waals surface area contributed by atoms with Crippen molar-refractivity contribution in [3.05, 3.63) is 34.2 Å². The number of carbonyl (C=O) groups is 3. The summed E-state index contributed by atoms with van der Waals surface area (Å²) >= 11 is 6.35. The molecule has 0 unspecified atom stereocenters. The van der Waals surface area contributed by atoms with E-state index in [4.69, 9.17) is 16.3 Å². The lowest BCUT2D eigenvalue weighted by molar-refractivity contribution is -0.136. The van der Waals surface area contributed by atoms with Gasteiger partial charge in [-0.15, -0.1) is 0 Å². The van der Waals surface area contributed by atoms with E-state index in [1.807, 2.05) is 0 Å². The zero-order chi connectivity index (χ0) is 23.7. The van der Waals surface area contributed by atoms with Crippen molar-refractivity contribution in [1.29, 1.82) is 0 Å². The van der Waals surface area contributed by atoms with E-state index in [1.165, 1.54) is 18.0 Å². The van der Waals surface area contributed by atoms with Gasteiger partial charge < -0.3 is 9.64 Å². The van der Waals surface area contributed by atoms with E-state index in [-0.39, 0.29) is 29.9 Å². The number of alkyl halides is 3. The number of carbonyl (C=O) groups excluding carboxylic acids is 3. The minimum Gasteiger partial charge on any atom is -0.436 e. The number of hydrogen-bond donors (Lipinski definition) is 0. The average molecular weight is 485 g/mol. The molecule has 3 fully saturated rings. The molecule has 33 heavy (non-hydrogen) atoms. The molecule has 0 bridgehead atoms. The highest BCUT2D eigenvalue weighted by atomic mass is 35.5. The Balaban J connectivity index is 1.40. The number of imidazole rings is 1. The van der Waals surface area contributed by atoms with Crippen LogP contribution in [0.25, 0.3) is 5.65 Å². The molecular weight excluding hydrogens is 465 g/mol. The van der Waals surface area contributed by atoms with Gasteiger partial charge in [0.05, 0.1) is 5.56 Å². The molecule has 1 atom stereocenters. The summed E-state index contributed by atoms with van der Waals surface area (Å²) in [6, 6.07) is 0.678. The number of piperidine rings is 1. The summed E-state index contributed by atoms with van der Waals surface area (Å²) in [5, 5.41) is -0.169. The summed E-state index contributed by atoms with van der Waals surface area (Å²) in [5.74, 6) is -0.957. The van der Waals surface area contributed by atoms with Crippen molar-refractivity contribution in [2.75, 3.05) is 13.1 Å². The van der Waals surface area contributed by atoms with E-state index in [2.05, 4.69) is 4.98 Å². The van der Waals surface area contributed by atoms with Gasteiger partial charge in [0.2, 0.25) is 0 Å². The molecule has 3 aliphatic rings. The fourth-order valence-corrected chi connectivity index (χ4v) is 4.73. The summed E-state index contributed by atoms with van der Waals surface area (Å²) in [6.07, 6.45) is -2.40. The van der Waals surface area contributed by atoms with Gasteiger partial charge in [0, 0.05) is 25.3 Å². The van der Waals surface area contributed by atoms with Gasteiger partial charge in [-0.25, -0.2) is 14.7 Å². The van der Waals surface area contributed by atoms with Gasteiger partial charge in [0.1, 0.15) is 5.15 Å². The summed E-state index contributed by atoms with van der Waals surface area (Å²) in [4.78, 5) is 43.7. The number of fused-ring (bicyclic) bond motifs is 1. The molecule has 2 saturated heterocycles. The molecule has 1 aliphatic carbocycles. The van der Waals surface area contributed by atoms with Crippen molar-refractivity contribution in [3.8, 4) is 0 Å². The fraction of sp³-hybridized carbons (Fsp3) is 0.524. The quantitative estimate of drug-likeness (QED) is 0.660. The molecule has 8 nitrogen and oxygen atoms in total. The number of aromatic nitrogens is 2. The Kier molecular flexibility index (Phi) is 5.07. The van der Waals surface area contributed by atoms with Gasteiger partial charge in [-0.2, -0.15) is 13.2 Å². The van der Waals surface area contributed by atoms with Crippen LogP contribution in [-0.2, 0) is 15.7 Å². The number of halogens is 4. The van der Waals surface area contributed by atoms with Gasteiger partial charge in [-0.05, 0) is 50.2 Å². The van der Waals surface area contributed by atoms with Crippen molar-refractivity contribution in [2.24, 2.45) is 0 Å². The van der Waals surface area contributed by atoms with Crippen LogP contribution in [0.3, 0.4) is 0 Å². The fourth-order valence-electron chi connectivity index (χ4n) is 4.47. The summed E-state index contributed by atoms with van der Waals surface area (Å²) in [5.41, 5.74) is -1.06. The maximum Gasteiger partial charge on any atom is 0.419 e. The maximum absolute atomic E-state index is 13.7. The van der Waals surface area contributed by atoms with E-state index in [0.717, 1.165) is 28.2 Å². The van der Waals surface area contributed by atoms with E-state index < -0.39 is 47.4 Å². The van der Waals surface area contributed by atoms with E-state index >= 15 is 0 Å². The van der Waals surface area contributed by atoms with E-state index in [1.54, 1.807) is 0 Å². The van der Waals surface area contributed by atoms with Crippen molar-refractivity contribution in [2.45, 2.75) is 56.8 Å². The Morgan fingerprint density at radius 3 is 2.39 bits per heavy atom. The van der Waals surface area contributed by atoms with E-state index in [9.17, 15) is 27.6 Å². The number of likely N-dealkylation sites (tertiary alicyclic amines) is 1. The lowest BCUT2D eigenvalue weighted by atomic mass is 10.0. The van der Waals surface area contributed by atoms with E-state index in [0.29, 0.717) is 18.4 Å². The summed E-state index contributed by atoms with van der Waals surface area (Å²) in [6.45, 7) is 1.88. The largest absolute Gasteiger partial charge is 0.436 e. The first kappa shape index (κ1) is 22.0. The third kappa shape index (κ3) is 3.71. The molecule has 12 heteroatoms. The van der Waals surface area contributed by atoms with Gasteiger partial charge in [0.15, 0.2) is 17.4 Å².